The fourth-order valence-corrected chi connectivity index (χ4v) is 2.98. The van der Waals surface area contributed by atoms with E-state index in [-0.39, 0.29) is 12.1 Å². The molecule has 0 saturated carbocycles. The number of aliphatic hydroxyl groups excluding tert-OH is 1. The smallest absolute Gasteiger partial charge is 0.0726 e. The van der Waals surface area contributed by atoms with E-state index in [2.05, 4.69) is 19.2 Å². The van der Waals surface area contributed by atoms with Gasteiger partial charge < -0.3 is 10.4 Å². The van der Waals surface area contributed by atoms with Crippen LogP contribution in [0.3, 0.4) is 0 Å². The van der Waals surface area contributed by atoms with Crippen LogP contribution in [0.25, 0.3) is 0 Å². The van der Waals surface area contributed by atoms with Crippen molar-refractivity contribution in [3.63, 3.8) is 0 Å². The summed E-state index contributed by atoms with van der Waals surface area (Å²) in [6, 6.07) is 0.249. The molecule has 1 heterocycles. The summed E-state index contributed by atoms with van der Waals surface area (Å²) in [5, 5.41) is 13.1. The topological polar surface area (TPSA) is 32.3 Å². The predicted molar refractivity (Wildman–Crippen MR) is 54.6 cm³/mol. The maximum absolute atomic E-state index is 9.87. The molecule has 3 unspecified atom stereocenters. The van der Waals surface area contributed by atoms with Crippen LogP contribution in [0.1, 0.15) is 20.3 Å². The second kappa shape index (κ2) is 5.10. The Kier molecular flexibility index (Phi) is 4.40. The van der Waals surface area contributed by atoms with Crippen LogP contribution in [0.2, 0.25) is 0 Å². The number of aliphatic hydroxyl groups is 1. The summed E-state index contributed by atoms with van der Waals surface area (Å²) in [7, 11) is 0. The number of hydrogen-bond acceptors (Lipinski definition) is 3. The Balaban J connectivity index is 2.29. The first-order chi connectivity index (χ1) is 5.75. The monoisotopic (exact) mass is 189 g/mol. The molecule has 2 nitrogen and oxygen atoms in total. The summed E-state index contributed by atoms with van der Waals surface area (Å²) < 4.78 is 0. The molecule has 0 aromatic rings. The predicted octanol–water partition coefficient (Wildman–Crippen LogP) is 1.10. The third-order valence-corrected chi connectivity index (χ3v) is 3.67. The highest BCUT2D eigenvalue weighted by Crippen LogP contribution is 2.27. The van der Waals surface area contributed by atoms with E-state index in [9.17, 15) is 5.11 Å². The maximum atomic E-state index is 9.87. The van der Waals surface area contributed by atoms with E-state index in [0.29, 0.717) is 5.92 Å². The summed E-state index contributed by atoms with van der Waals surface area (Å²) in [4.78, 5) is 0. The highest BCUT2D eigenvalue weighted by Gasteiger charge is 2.27. The molecule has 1 rings (SSSR count). The summed E-state index contributed by atoms with van der Waals surface area (Å²) in [6.07, 6.45) is 1.03. The average molecular weight is 189 g/mol. The minimum atomic E-state index is -0.153. The van der Waals surface area contributed by atoms with Gasteiger partial charge in [0.1, 0.15) is 0 Å². The Morgan fingerprint density at radius 2 is 2.42 bits per heavy atom. The molecular weight excluding hydrogens is 170 g/mol. The van der Waals surface area contributed by atoms with Crippen LogP contribution < -0.4 is 5.32 Å². The number of rotatable bonds is 4. The number of hydrogen-bond donors (Lipinski definition) is 2. The molecule has 1 aliphatic rings. The van der Waals surface area contributed by atoms with Crippen LogP contribution in [0, 0.1) is 5.92 Å². The molecule has 1 fully saturated rings. The van der Waals surface area contributed by atoms with Gasteiger partial charge in [-0.1, -0.05) is 6.92 Å². The number of nitrogens with one attached hydrogen (secondary N) is 1. The van der Waals surface area contributed by atoms with Crippen LogP contribution >= 0.6 is 11.8 Å². The minimum Gasteiger partial charge on any atom is -0.391 e. The fraction of sp³-hybridized carbons (Fsp3) is 1.00. The molecule has 1 saturated heterocycles. The zero-order chi connectivity index (χ0) is 8.97. The van der Waals surface area contributed by atoms with Crippen molar-refractivity contribution < 1.29 is 5.11 Å². The first-order valence-corrected chi connectivity index (χ1v) is 5.90. The van der Waals surface area contributed by atoms with Gasteiger partial charge in [0.05, 0.1) is 6.10 Å². The van der Waals surface area contributed by atoms with E-state index >= 15 is 0 Å². The SMILES string of the molecule is CCNC(C)C(O)C1CCSC1. The van der Waals surface area contributed by atoms with Crippen LogP contribution in [0.5, 0.6) is 0 Å². The molecule has 0 amide bonds. The Morgan fingerprint density at radius 1 is 1.67 bits per heavy atom. The minimum absolute atomic E-state index is 0.153. The molecule has 3 heteroatoms. The van der Waals surface area contributed by atoms with E-state index in [1.165, 1.54) is 12.2 Å². The molecule has 0 spiro atoms. The van der Waals surface area contributed by atoms with Crippen molar-refractivity contribution in [1.82, 2.24) is 5.32 Å². The summed E-state index contributed by atoms with van der Waals surface area (Å²) in [5.74, 6) is 2.88. The van der Waals surface area contributed by atoms with Gasteiger partial charge in [0.25, 0.3) is 0 Å². The van der Waals surface area contributed by atoms with Crippen molar-refractivity contribution in [3.05, 3.63) is 0 Å². The van der Waals surface area contributed by atoms with Gasteiger partial charge in [-0.25, -0.2) is 0 Å². The van der Waals surface area contributed by atoms with Crippen molar-refractivity contribution in [2.24, 2.45) is 5.92 Å². The van der Waals surface area contributed by atoms with Crippen molar-refractivity contribution >= 4 is 11.8 Å². The highest BCUT2D eigenvalue weighted by molar-refractivity contribution is 7.99. The molecule has 2 N–H and O–H groups in total. The lowest BCUT2D eigenvalue weighted by molar-refractivity contribution is 0.0859. The summed E-state index contributed by atoms with van der Waals surface area (Å²) in [5.41, 5.74) is 0. The van der Waals surface area contributed by atoms with Gasteiger partial charge in [0.2, 0.25) is 0 Å². The van der Waals surface area contributed by atoms with E-state index < -0.39 is 0 Å². The molecule has 0 aromatic carbocycles. The molecular formula is C9H19NOS. The van der Waals surface area contributed by atoms with Gasteiger partial charge >= 0.3 is 0 Å². The molecule has 0 aliphatic carbocycles. The van der Waals surface area contributed by atoms with Gasteiger partial charge in [-0.15, -0.1) is 0 Å². The third-order valence-electron chi connectivity index (χ3n) is 2.49. The van der Waals surface area contributed by atoms with Gasteiger partial charge in [0, 0.05) is 6.04 Å². The molecule has 12 heavy (non-hydrogen) atoms. The highest BCUT2D eigenvalue weighted by atomic mass is 32.2. The lowest BCUT2D eigenvalue weighted by Gasteiger charge is -2.24. The first kappa shape index (κ1) is 10.4. The quantitative estimate of drug-likeness (QED) is 0.694. The molecule has 72 valence electrons. The third kappa shape index (κ3) is 2.64. The number of likely N-dealkylation sites (N-methyl/N-ethyl adjacent to an activating group) is 1. The molecule has 0 bridgehead atoms. The van der Waals surface area contributed by atoms with Gasteiger partial charge in [-0.2, -0.15) is 11.8 Å². The fourth-order valence-electron chi connectivity index (χ4n) is 1.67. The average Bonchev–Trinajstić information content (AvgIpc) is 2.55. The van der Waals surface area contributed by atoms with Crippen molar-refractivity contribution in [3.8, 4) is 0 Å². The molecule has 0 radical (unpaired) electrons. The van der Waals surface area contributed by atoms with Gasteiger partial charge in [-0.3, -0.25) is 0 Å². The Bertz CT molecular complexity index is 126. The maximum Gasteiger partial charge on any atom is 0.0726 e. The van der Waals surface area contributed by atoms with Gasteiger partial charge in [-0.05, 0) is 37.3 Å². The zero-order valence-electron chi connectivity index (χ0n) is 7.92. The van der Waals surface area contributed by atoms with Crippen molar-refractivity contribution in [2.75, 3.05) is 18.1 Å². The zero-order valence-corrected chi connectivity index (χ0v) is 8.73. The normalized spacial score (nSPS) is 28.8. The van der Waals surface area contributed by atoms with Crippen molar-refractivity contribution in [2.45, 2.75) is 32.4 Å². The summed E-state index contributed by atoms with van der Waals surface area (Å²) >= 11 is 1.96. The van der Waals surface area contributed by atoms with Crippen LogP contribution in [0.15, 0.2) is 0 Å². The Morgan fingerprint density at radius 3 is 2.92 bits per heavy atom. The van der Waals surface area contributed by atoms with Crippen LogP contribution in [0.4, 0.5) is 0 Å². The Labute approximate surface area is 79.1 Å². The van der Waals surface area contributed by atoms with E-state index in [1.807, 2.05) is 11.8 Å². The Hall–Kier alpha value is 0.270. The lowest BCUT2D eigenvalue weighted by Crippen LogP contribution is -2.41. The lowest BCUT2D eigenvalue weighted by atomic mass is 9.96. The van der Waals surface area contributed by atoms with E-state index in [0.717, 1.165) is 12.3 Å². The number of thioether (sulfide) groups is 1. The standard InChI is InChI=1S/C9H19NOS/c1-3-10-7(2)9(11)8-4-5-12-6-8/h7-11H,3-6H2,1-2H3. The summed E-state index contributed by atoms with van der Waals surface area (Å²) in [6.45, 7) is 5.09. The van der Waals surface area contributed by atoms with Gasteiger partial charge in [0.15, 0.2) is 0 Å². The van der Waals surface area contributed by atoms with E-state index in [4.69, 9.17) is 0 Å². The van der Waals surface area contributed by atoms with Crippen LogP contribution in [-0.2, 0) is 0 Å². The molecule has 0 aromatic heterocycles. The largest absolute Gasteiger partial charge is 0.391 e. The van der Waals surface area contributed by atoms with E-state index in [1.54, 1.807) is 0 Å². The van der Waals surface area contributed by atoms with Crippen LogP contribution in [-0.4, -0.2) is 35.3 Å². The second-order valence-electron chi connectivity index (χ2n) is 3.46. The first-order valence-electron chi connectivity index (χ1n) is 4.75. The second-order valence-corrected chi connectivity index (χ2v) is 4.61. The van der Waals surface area contributed by atoms with Crippen molar-refractivity contribution in [1.29, 1.82) is 0 Å². The molecule has 3 atom stereocenters. The molecule has 1 aliphatic heterocycles.